The third kappa shape index (κ3) is 2.50. The average Bonchev–Trinajstić information content (AvgIpc) is 2.94. The van der Waals surface area contributed by atoms with Crippen molar-refractivity contribution in [3.8, 4) is 0 Å². The fraction of sp³-hybridized carbons (Fsp3) is 0.750. The number of thioether (sulfide) groups is 2. The number of nitrogens with one attached hydrogen (secondary N) is 2. The normalized spacial score (nSPS) is 35.4. The monoisotopic (exact) mass is 353 g/mol. The molecule has 0 saturated carbocycles. The van der Waals surface area contributed by atoms with Crippen LogP contribution in [0.15, 0.2) is 0 Å². The number of carboxylic acids is 1. The molecule has 116 valence electrons. The van der Waals surface area contributed by atoms with Crippen molar-refractivity contribution in [2.75, 3.05) is 12.3 Å². The molecule has 0 radical (unpaired) electrons. The summed E-state index contributed by atoms with van der Waals surface area (Å²) in [6.45, 7) is 4.13. The van der Waals surface area contributed by atoms with Gasteiger partial charge < -0.3 is 20.1 Å². The Morgan fingerprint density at radius 2 is 2.14 bits per heavy atom. The van der Waals surface area contributed by atoms with Crippen LogP contribution >= 0.6 is 23.5 Å². The number of fused-ring (bicyclic) bond motifs is 1. The largest absolute Gasteiger partial charge is 1.00 e. The maximum absolute atomic E-state index is 12.3. The third-order valence-corrected chi connectivity index (χ3v) is 6.81. The first-order valence-corrected chi connectivity index (χ1v) is 8.61. The van der Waals surface area contributed by atoms with Crippen molar-refractivity contribution < 1.29 is 49.0 Å². The first kappa shape index (κ1) is 18.4. The van der Waals surface area contributed by atoms with Crippen LogP contribution in [-0.4, -0.2) is 56.1 Å². The summed E-state index contributed by atoms with van der Waals surface area (Å²) in [4.78, 5) is 37.3. The van der Waals surface area contributed by atoms with Crippen molar-refractivity contribution in [2.45, 2.75) is 41.4 Å². The van der Waals surface area contributed by atoms with Crippen molar-refractivity contribution in [2.24, 2.45) is 0 Å². The molecule has 3 saturated heterocycles. The fourth-order valence-electron chi connectivity index (χ4n) is 3.04. The van der Waals surface area contributed by atoms with Gasteiger partial charge in [-0.05, 0) is 13.8 Å². The van der Waals surface area contributed by atoms with Crippen LogP contribution in [0.25, 0.3) is 0 Å². The smallest absolute Gasteiger partial charge is 0.545 e. The topological polar surface area (TPSA) is 102 Å². The molecule has 10 heteroatoms. The fourth-order valence-corrected chi connectivity index (χ4v) is 5.65. The van der Waals surface area contributed by atoms with E-state index in [-0.39, 0.29) is 40.8 Å². The number of amides is 2. The molecule has 0 aromatic rings. The van der Waals surface area contributed by atoms with Crippen LogP contribution in [-0.2, 0) is 14.4 Å². The Labute approximate surface area is 159 Å². The SMILES string of the molecule is CC1(C)S[C@@H]2CC(=O)N2[C@@]1(NC(=O)C1NCCS1)C(=O)[O-].[Na+]. The molecule has 22 heavy (non-hydrogen) atoms. The summed E-state index contributed by atoms with van der Waals surface area (Å²) in [5.74, 6) is -1.34. The number of carbonyl (C=O) groups excluding carboxylic acids is 3. The summed E-state index contributed by atoms with van der Waals surface area (Å²) in [6.07, 6.45) is 0.301. The van der Waals surface area contributed by atoms with Gasteiger partial charge in [0.25, 0.3) is 0 Å². The minimum Gasteiger partial charge on any atom is -0.545 e. The zero-order chi connectivity index (χ0) is 15.4. The molecule has 3 aliphatic rings. The zero-order valence-electron chi connectivity index (χ0n) is 12.7. The van der Waals surface area contributed by atoms with Gasteiger partial charge in [-0.15, -0.1) is 23.5 Å². The van der Waals surface area contributed by atoms with Crippen molar-refractivity contribution in [1.82, 2.24) is 15.5 Å². The minimum absolute atomic E-state index is 0. The minimum atomic E-state index is -1.79. The molecule has 3 aliphatic heterocycles. The number of β-lactam (4-membered cyclic amide) rings is 1. The number of rotatable bonds is 3. The Hall–Kier alpha value is 0.0700. The quantitative estimate of drug-likeness (QED) is 0.388. The Balaban J connectivity index is 0.00000176. The molecule has 0 aromatic heterocycles. The van der Waals surface area contributed by atoms with E-state index in [1.807, 2.05) is 0 Å². The van der Waals surface area contributed by atoms with E-state index in [1.165, 1.54) is 28.4 Å². The predicted octanol–water partition coefficient (Wildman–Crippen LogP) is -4.70. The van der Waals surface area contributed by atoms with Crippen LogP contribution in [0, 0.1) is 0 Å². The van der Waals surface area contributed by atoms with E-state index in [9.17, 15) is 19.5 Å². The van der Waals surface area contributed by atoms with Crippen molar-refractivity contribution in [3.05, 3.63) is 0 Å². The van der Waals surface area contributed by atoms with E-state index >= 15 is 0 Å². The van der Waals surface area contributed by atoms with Crippen LogP contribution in [0.4, 0.5) is 0 Å². The summed E-state index contributed by atoms with van der Waals surface area (Å²) in [6, 6.07) is 0. The summed E-state index contributed by atoms with van der Waals surface area (Å²) in [5, 5.41) is 16.7. The molecule has 3 heterocycles. The Morgan fingerprint density at radius 1 is 1.45 bits per heavy atom. The van der Waals surface area contributed by atoms with Gasteiger partial charge in [0, 0.05) is 12.3 Å². The van der Waals surface area contributed by atoms with Crippen LogP contribution in [0.1, 0.15) is 20.3 Å². The van der Waals surface area contributed by atoms with Crippen LogP contribution in [0.3, 0.4) is 0 Å². The van der Waals surface area contributed by atoms with Gasteiger partial charge in [0.15, 0.2) is 5.66 Å². The molecule has 2 N–H and O–H groups in total. The van der Waals surface area contributed by atoms with Gasteiger partial charge in [0.05, 0.1) is 22.5 Å². The number of aliphatic carboxylic acids is 1. The molecule has 7 nitrogen and oxygen atoms in total. The van der Waals surface area contributed by atoms with E-state index in [0.29, 0.717) is 13.0 Å². The number of nitrogens with zero attached hydrogens (tertiary/aromatic N) is 1. The number of hydrogen-bond acceptors (Lipinski definition) is 7. The summed E-state index contributed by atoms with van der Waals surface area (Å²) in [5.41, 5.74) is -1.79. The van der Waals surface area contributed by atoms with E-state index in [0.717, 1.165) is 5.75 Å². The van der Waals surface area contributed by atoms with Crippen LogP contribution in [0.5, 0.6) is 0 Å². The van der Waals surface area contributed by atoms with Gasteiger partial charge in [-0.3, -0.25) is 14.9 Å². The molecule has 0 spiro atoms. The summed E-state index contributed by atoms with van der Waals surface area (Å²) in [7, 11) is 0. The molecule has 1 unspecified atom stereocenters. The predicted molar refractivity (Wildman–Crippen MR) is 77.1 cm³/mol. The first-order chi connectivity index (χ1) is 9.79. The number of carbonyl (C=O) groups is 3. The van der Waals surface area contributed by atoms with Crippen LogP contribution in [0.2, 0.25) is 0 Å². The molecule has 3 fully saturated rings. The van der Waals surface area contributed by atoms with Crippen molar-refractivity contribution >= 4 is 41.3 Å². The third-order valence-electron chi connectivity index (χ3n) is 4.12. The molecule has 0 aromatic carbocycles. The van der Waals surface area contributed by atoms with E-state index in [2.05, 4.69) is 10.6 Å². The maximum Gasteiger partial charge on any atom is 1.00 e. The zero-order valence-corrected chi connectivity index (χ0v) is 16.3. The second-order valence-electron chi connectivity index (χ2n) is 5.74. The molecule has 0 aliphatic carbocycles. The number of carboxylic acid groups (broad SMARTS) is 1. The summed E-state index contributed by atoms with van der Waals surface area (Å²) >= 11 is 2.80. The van der Waals surface area contributed by atoms with Gasteiger partial charge in [-0.1, -0.05) is 0 Å². The van der Waals surface area contributed by atoms with Gasteiger partial charge in [0.1, 0.15) is 5.37 Å². The van der Waals surface area contributed by atoms with Crippen LogP contribution < -0.4 is 45.3 Å². The Kier molecular flexibility index (Phi) is 5.17. The van der Waals surface area contributed by atoms with Gasteiger partial charge in [0.2, 0.25) is 11.8 Å². The van der Waals surface area contributed by atoms with Gasteiger partial charge in [-0.2, -0.15) is 0 Å². The Morgan fingerprint density at radius 3 is 2.64 bits per heavy atom. The molecular formula is C12H16N3NaO4S2. The molecule has 3 rings (SSSR count). The van der Waals surface area contributed by atoms with Crippen molar-refractivity contribution in [1.29, 1.82) is 0 Å². The van der Waals surface area contributed by atoms with Gasteiger partial charge in [-0.25, -0.2) is 0 Å². The summed E-state index contributed by atoms with van der Waals surface area (Å²) < 4.78 is -0.860. The average molecular weight is 353 g/mol. The standard InChI is InChI=1S/C12H17N3O4S2.Na/c1-11(2)12(10(18)19,15-6(16)5-7(15)21-11)14-8(17)9-13-3-4-20-9;/h7,9,13H,3-5H2,1-2H3,(H,14,17)(H,18,19);/q;+1/p-1/t7-,9?,12+;/m1./s1. The second kappa shape index (κ2) is 6.18. The first-order valence-electron chi connectivity index (χ1n) is 6.68. The Bertz CT molecular complexity index is 527. The van der Waals surface area contributed by atoms with E-state index in [4.69, 9.17) is 0 Å². The molecule has 2 amide bonds. The maximum atomic E-state index is 12.3. The second-order valence-corrected chi connectivity index (χ2v) is 8.76. The van der Waals surface area contributed by atoms with Crippen molar-refractivity contribution in [3.63, 3.8) is 0 Å². The number of hydrogen-bond donors (Lipinski definition) is 2. The van der Waals surface area contributed by atoms with E-state index in [1.54, 1.807) is 13.8 Å². The molecule has 0 bridgehead atoms. The van der Waals surface area contributed by atoms with Gasteiger partial charge >= 0.3 is 29.6 Å². The molecule has 3 atom stereocenters. The van der Waals surface area contributed by atoms with E-state index < -0.39 is 27.7 Å². The molecular weight excluding hydrogens is 337 g/mol.